The molecule has 0 saturated heterocycles. The molecular formula is C3H4NS. The molecule has 1 aliphatic rings. The van der Waals surface area contributed by atoms with Crippen molar-refractivity contribution in [2.24, 2.45) is 4.40 Å². The van der Waals surface area contributed by atoms with Gasteiger partial charge >= 0.3 is 0 Å². The predicted octanol–water partition coefficient (Wildman–Crippen LogP) is 1.27. The Labute approximate surface area is 35.6 Å². The van der Waals surface area contributed by atoms with Crippen molar-refractivity contribution in [3.63, 3.8) is 0 Å². The zero-order valence-corrected chi connectivity index (χ0v) is 3.53. The number of hydrogen-bond donors (Lipinski definition) is 0. The molecule has 0 unspecified atom stereocenters. The zero-order chi connectivity index (χ0) is 3.54. The van der Waals surface area contributed by atoms with Crippen LogP contribution in [0.5, 0.6) is 0 Å². The topological polar surface area (TPSA) is 12.4 Å². The van der Waals surface area contributed by atoms with E-state index in [9.17, 15) is 0 Å². The number of rotatable bonds is 0. The molecule has 0 fully saturated rings. The van der Waals surface area contributed by atoms with Crippen LogP contribution in [0.2, 0.25) is 0 Å². The summed E-state index contributed by atoms with van der Waals surface area (Å²) in [6.45, 7) is 0. The second kappa shape index (κ2) is 1.45. The molecule has 0 aromatic carbocycles. The Balaban J connectivity index is 2.32. The lowest BCUT2D eigenvalue weighted by atomic mass is 10.6. The molecule has 1 nitrogen and oxygen atoms in total. The van der Waals surface area contributed by atoms with Gasteiger partial charge in [-0.25, -0.2) is 4.40 Å². The van der Waals surface area contributed by atoms with Crippen molar-refractivity contribution in [3.8, 4) is 0 Å². The fourth-order valence-electron chi connectivity index (χ4n) is 0.215. The van der Waals surface area contributed by atoms with Crippen LogP contribution >= 0.6 is 11.9 Å². The lowest BCUT2D eigenvalue weighted by Crippen LogP contribution is -1.54. The van der Waals surface area contributed by atoms with Gasteiger partial charge < -0.3 is 0 Å². The maximum absolute atomic E-state index is 3.82. The molecule has 1 heterocycles. The van der Waals surface area contributed by atoms with Crippen molar-refractivity contribution >= 4 is 18.2 Å². The first-order valence-corrected chi connectivity index (χ1v) is 2.33. The first-order chi connectivity index (χ1) is 2.50. The van der Waals surface area contributed by atoms with Gasteiger partial charge in [0, 0.05) is 12.0 Å². The Morgan fingerprint density at radius 2 is 2.80 bits per heavy atom. The van der Waals surface area contributed by atoms with Crippen molar-refractivity contribution in [1.29, 1.82) is 0 Å². The van der Waals surface area contributed by atoms with Crippen molar-refractivity contribution in [2.75, 3.05) is 0 Å². The Morgan fingerprint density at radius 1 is 1.80 bits per heavy atom. The Kier molecular flexibility index (Phi) is 0.937. The van der Waals surface area contributed by atoms with Crippen LogP contribution in [0.25, 0.3) is 0 Å². The number of hydrogen-bond acceptors (Lipinski definition) is 2. The number of nitrogens with zero attached hydrogens (tertiary/aromatic N) is 1. The monoisotopic (exact) mass is 86.0 g/mol. The summed E-state index contributed by atoms with van der Waals surface area (Å²) in [5.41, 5.74) is 0. The van der Waals surface area contributed by atoms with Gasteiger partial charge in [-0.1, -0.05) is 0 Å². The maximum atomic E-state index is 3.82. The smallest absolute Gasteiger partial charge is 0.0456 e. The van der Waals surface area contributed by atoms with Crippen LogP contribution in [0.4, 0.5) is 0 Å². The molecule has 0 N–H and O–H groups in total. The van der Waals surface area contributed by atoms with E-state index in [0.717, 1.165) is 6.42 Å². The molecule has 0 bridgehead atoms. The molecule has 0 atom stereocenters. The highest BCUT2D eigenvalue weighted by Crippen LogP contribution is 2.13. The Morgan fingerprint density at radius 3 is 3.00 bits per heavy atom. The molecule has 27 valence electrons. The standard InChI is InChI=1S/C3H4NS/c1-2-4-5-3-1/h2-3H,1H2. The average Bonchev–Trinajstić information content (AvgIpc) is 1.76. The maximum Gasteiger partial charge on any atom is 0.0456 e. The second-order valence-corrected chi connectivity index (χ2v) is 1.55. The summed E-state index contributed by atoms with van der Waals surface area (Å²) >= 11 is 1.52. The summed E-state index contributed by atoms with van der Waals surface area (Å²) in [6.07, 6.45) is 2.94. The largest absolute Gasteiger partial charge is 0.229 e. The third-order valence-electron chi connectivity index (χ3n) is 0.412. The summed E-state index contributed by atoms with van der Waals surface area (Å²) < 4.78 is 3.82. The van der Waals surface area contributed by atoms with Gasteiger partial charge in [-0.3, -0.25) is 0 Å². The molecule has 0 aromatic rings. The minimum atomic E-state index is 1.05. The first kappa shape index (κ1) is 3.22. The molecule has 0 saturated carbocycles. The summed E-state index contributed by atoms with van der Waals surface area (Å²) in [6, 6.07) is 0. The van der Waals surface area contributed by atoms with Crippen molar-refractivity contribution in [1.82, 2.24) is 0 Å². The van der Waals surface area contributed by atoms with Crippen LogP contribution in [-0.4, -0.2) is 6.21 Å². The minimum Gasteiger partial charge on any atom is -0.229 e. The van der Waals surface area contributed by atoms with Gasteiger partial charge in [0.15, 0.2) is 0 Å². The van der Waals surface area contributed by atoms with Crippen LogP contribution in [0.3, 0.4) is 0 Å². The average molecular weight is 86.1 g/mol. The normalized spacial score (nSPS) is 20.8. The van der Waals surface area contributed by atoms with Gasteiger partial charge in [-0.2, -0.15) is 0 Å². The van der Waals surface area contributed by atoms with Gasteiger partial charge in [0.05, 0.1) is 0 Å². The molecule has 0 aliphatic carbocycles. The van der Waals surface area contributed by atoms with E-state index in [0.29, 0.717) is 0 Å². The van der Waals surface area contributed by atoms with Crippen LogP contribution in [0, 0.1) is 5.75 Å². The molecular weight excluding hydrogens is 82.1 g/mol. The van der Waals surface area contributed by atoms with Crippen molar-refractivity contribution in [3.05, 3.63) is 5.75 Å². The molecule has 0 aromatic heterocycles. The third kappa shape index (κ3) is 0.651. The fourth-order valence-corrected chi connectivity index (χ4v) is 0.645. The van der Waals surface area contributed by atoms with Gasteiger partial charge in [-0.15, -0.1) is 0 Å². The van der Waals surface area contributed by atoms with E-state index in [1.54, 1.807) is 0 Å². The highest BCUT2D eigenvalue weighted by atomic mass is 32.2. The van der Waals surface area contributed by atoms with E-state index in [1.165, 1.54) is 11.9 Å². The van der Waals surface area contributed by atoms with E-state index >= 15 is 0 Å². The fraction of sp³-hybridized carbons (Fsp3) is 0.333. The molecule has 2 heteroatoms. The summed E-state index contributed by atoms with van der Waals surface area (Å²) in [5.74, 6) is 2.06. The van der Waals surface area contributed by atoms with Crippen LogP contribution in [0.1, 0.15) is 6.42 Å². The summed E-state index contributed by atoms with van der Waals surface area (Å²) in [5, 5.41) is 0. The SMILES string of the molecule is [CH]1CC=NS1. The highest BCUT2D eigenvalue weighted by molar-refractivity contribution is 8.00. The van der Waals surface area contributed by atoms with Crippen LogP contribution < -0.4 is 0 Å². The van der Waals surface area contributed by atoms with E-state index in [1.807, 2.05) is 6.21 Å². The Bertz CT molecular complexity index is 44.9. The molecule has 0 amide bonds. The van der Waals surface area contributed by atoms with E-state index in [2.05, 4.69) is 10.2 Å². The van der Waals surface area contributed by atoms with Crippen molar-refractivity contribution in [2.45, 2.75) is 6.42 Å². The summed E-state index contributed by atoms with van der Waals surface area (Å²) in [7, 11) is 0. The molecule has 1 aliphatic heterocycles. The lowest BCUT2D eigenvalue weighted by molar-refractivity contribution is 1.55. The van der Waals surface area contributed by atoms with E-state index in [-0.39, 0.29) is 0 Å². The molecule has 1 radical (unpaired) electrons. The van der Waals surface area contributed by atoms with Gasteiger partial charge in [0.2, 0.25) is 0 Å². The highest BCUT2D eigenvalue weighted by Gasteiger charge is 1.87. The quantitative estimate of drug-likeness (QED) is 0.404. The van der Waals surface area contributed by atoms with Crippen molar-refractivity contribution < 1.29 is 0 Å². The molecule has 5 heavy (non-hydrogen) atoms. The van der Waals surface area contributed by atoms with Gasteiger partial charge in [0.25, 0.3) is 0 Å². The van der Waals surface area contributed by atoms with Crippen LogP contribution in [0.15, 0.2) is 4.40 Å². The van der Waals surface area contributed by atoms with Gasteiger partial charge in [-0.05, 0) is 18.4 Å². The third-order valence-corrected chi connectivity index (χ3v) is 1.02. The molecule has 0 spiro atoms. The zero-order valence-electron chi connectivity index (χ0n) is 2.72. The Hall–Kier alpha value is 0.0200. The predicted molar refractivity (Wildman–Crippen MR) is 25.0 cm³/mol. The van der Waals surface area contributed by atoms with E-state index in [4.69, 9.17) is 0 Å². The molecule has 1 rings (SSSR count). The first-order valence-electron chi connectivity index (χ1n) is 1.49. The van der Waals surface area contributed by atoms with E-state index < -0.39 is 0 Å². The summed E-state index contributed by atoms with van der Waals surface area (Å²) in [4.78, 5) is 0. The van der Waals surface area contributed by atoms with Gasteiger partial charge in [0.1, 0.15) is 0 Å². The second-order valence-electron chi connectivity index (χ2n) is 0.796. The lowest BCUT2D eigenvalue weighted by Gasteiger charge is -1.65. The van der Waals surface area contributed by atoms with Crippen LogP contribution in [-0.2, 0) is 0 Å². The minimum absolute atomic E-state index is 1.05.